The lowest BCUT2D eigenvalue weighted by Gasteiger charge is -2.03. The van der Waals surface area contributed by atoms with Crippen molar-refractivity contribution in [2.45, 2.75) is 6.61 Å². The first-order valence-corrected chi connectivity index (χ1v) is 5.83. The van der Waals surface area contributed by atoms with Gasteiger partial charge in [0, 0.05) is 23.2 Å². The fourth-order valence-electron chi connectivity index (χ4n) is 1.01. The van der Waals surface area contributed by atoms with Crippen LogP contribution in [0.2, 0.25) is 0 Å². The van der Waals surface area contributed by atoms with Gasteiger partial charge < -0.3 is 4.74 Å². The summed E-state index contributed by atoms with van der Waals surface area (Å²) in [4.78, 5) is 3.95. The van der Waals surface area contributed by atoms with Crippen LogP contribution in [0.3, 0.4) is 0 Å². The van der Waals surface area contributed by atoms with Crippen LogP contribution in [0, 0.1) is 0 Å². The van der Waals surface area contributed by atoms with Crippen molar-refractivity contribution in [3.63, 3.8) is 0 Å². The van der Waals surface area contributed by atoms with E-state index in [1.54, 1.807) is 23.7 Å². The van der Waals surface area contributed by atoms with Gasteiger partial charge in [0.1, 0.15) is 12.4 Å². The molecule has 0 unspecified atom stereocenters. The van der Waals surface area contributed by atoms with E-state index in [9.17, 15) is 0 Å². The molecule has 72 valence electrons. The minimum Gasteiger partial charge on any atom is -0.487 e. The van der Waals surface area contributed by atoms with Crippen LogP contribution in [-0.4, -0.2) is 4.98 Å². The number of hydrogen-bond acceptors (Lipinski definition) is 3. The molecule has 2 rings (SSSR count). The van der Waals surface area contributed by atoms with Crippen LogP contribution in [0.25, 0.3) is 0 Å². The summed E-state index contributed by atoms with van der Waals surface area (Å²) in [5.41, 5.74) is 1.12. The molecule has 2 nitrogen and oxygen atoms in total. The molecule has 0 saturated heterocycles. The first-order valence-electron chi connectivity index (χ1n) is 4.09. The minimum atomic E-state index is 0.581. The number of nitrogens with zero attached hydrogens (tertiary/aromatic N) is 1. The van der Waals surface area contributed by atoms with Crippen molar-refractivity contribution in [1.29, 1.82) is 0 Å². The third kappa shape index (κ3) is 2.33. The fourth-order valence-corrected chi connectivity index (χ4v) is 2.34. The average Bonchev–Trinajstić information content (AvgIpc) is 2.63. The Morgan fingerprint density at radius 2 is 2.07 bits per heavy atom. The summed E-state index contributed by atoms with van der Waals surface area (Å²) in [5, 5.41) is 3.98. The highest BCUT2D eigenvalue weighted by atomic mass is 79.9. The second-order valence-electron chi connectivity index (χ2n) is 2.73. The van der Waals surface area contributed by atoms with Crippen LogP contribution in [0.1, 0.15) is 5.56 Å². The van der Waals surface area contributed by atoms with Gasteiger partial charge >= 0.3 is 0 Å². The lowest BCUT2D eigenvalue weighted by Crippen LogP contribution is -1.94. The summed E-state index contributed by atoms with van der Waals surface area (Å²) in [6.07, 6.45) is 3.53. The maximum absolute atomic E-state index is 5.60. The van der Waals surface area contributed by atoms with Gasteiger partial charge in [-0.1, -0.05) is 0 Å². The van der Waals surface area contributed by atoms with Crippen LogP contribution in [0.5, 0.6) is 5.75 Å². The molecule has 0 aliphatic carbocycles. The Kier molecular flexibility index (Phi) is 3.16. The van der Waals surface area contributed by atoms with Crippen LogP contribution in [0.15, 0.2) is 39.8 Å². The van der Waals surface area contributed by atoms with Crippen molar-refractivity contribution in [2.24, 2.45) is 0 Å². The van der Waals surface area contributed by atoms with Gasteiger partial charge in [-0.15, -0.1) is 11.3 Å². The number of thiophene rings is 1. The molecule has 0 spiro atoms. The molecular formula is C10H8BrNOS. The Morgan fingerprint density at radius 3 is 2.71 bits per heavy atom. The van der Waals surface area contributed by atoms with Crippen LogP contribution < -0.4 is 4.74 Å². The van der Waals surface area contributed by atoms with E-state index in [0.29, 0.717) is 6.61 Å². The Labute approximate surface area is 94.7 Å². The van der Waals surface area contributed by atoms with Gasteiger partial charge in [-0.2, -0.15) is 0 Å². The number of pyridine rings is 1. The summed E-state index contributed by atoms with van der Waals surface area (Å²) in [5.74, 6) is 0.895. The van der Waals surface area contributed by atoms with Crippen molar-refractivity contribution in [3.05, 3.63) is 45.3 Å². The van der Waals surface area contributed by atoms with Gasteiger partial charge in [-0.25, -0.2) is 0 Å². The molecule has 4 heteroatoms. The number of hydrogen-bond donors (Lipinski definition) is 0. The summed E-state index contributed by atoms with van der Waals surface area (Å²) in [7, 11) is 0. The van der Waals surface area contributed by atoms with Crippen molar-refractivity contribution >= 4 is 27.3 Å². The lowest BCUT2D eigenvalue weighted by atomic mass is 10.3. The van der Waals surface area contributed by atoms with E-state index in [0.717, 1.165) is 15.8 Å². The van der Waals surface area contributed by atoms with E-state index in [-0.39, 0.29) is 0 Å². The Balaban J connectivity index is 1.99. The summed E-state index contributed by atoms with van der Waals surface area (Å²) in [6.45, 7) is 0.581. The molecule has 0 aliphatic heterocycles. The highest BCUT2D eigenvalue weighted by molar-refractivity contribution is 9.10. The van der Waals surface area contributed by atoms with E-state index in [2.05, 4.69) is 20.9 Å². The van der Waals surface area contributed by atoms with Gasteiger partial charge in [-0.3, -0.25) is 4.98 Å². The third-order valence-corrected chi connectivity index (χ3v) is 3.37. The minimum absolute atomic E-state index is 0.581. The molecule has 0 radical (unpaired) electrons. The number of aromatic nitrogens is 1. The number of ether oxygens (including phenoxy) is 1. The zero-order chi connectivity index (χ0) is 9.80. The molecule has 0 saturated carbocycles. The summed E-state index contributed by atoms with van der Waals surface area (Å²) in [6, 6.07) is 3.89. The zero-order valence-corrected chi connectivity index (χ0v) is 9.72. The number of rotatable bonds is 3. The van der Waals surface area contributed by atoms with Gasteiger partial charge in [0.2, 0.25) is 0 Å². The molecule has 2 aromatic rings. The van der Waals surface area contributed by atoms with Crippen LogP contribution in [0.4, 0.5) is 0 Å². The van der Waals surface area contributed by atoms with Gasteiger partial charge in [0.25, 0.3) is 0 Å². The molecule has 0 bridgehead atoms. The van der Waals surface area contributed by atoms with E-state index in [4.69, 9.17) is 4.74 Å². The monoisotopic (exact) mass is 269 g/mol. The predicted octanol–water partition coefficient (Wildman–Crippen LogP) is 3.48. The zero-order valence-electron chi connectivity index (χ0n) is 7.31. The Morgan fingerprint density at radius 1 is 1.29 bits per heavy atom. The second kappa shape index (κ2) is 4.57. The first-order chi connectivity index (χ1) is 6.86. The van der Waals surface area contributed by atoms with Crippen molar-refractivity contribution in [3.8, 4) is 5.75 Å². The maximum atomic E-state index is 5.60. The van der Waals surface area contributed by atoms with E-state index >= 15 is 0 Å². The van der Waals surface area contributed by atoms with Crippen LogP contribution in [-0.2, 0) is 6.61 Å². The quantitative estimate of drug-likeness (QED) is 0.851. The summed E-state index contributed by atoms with van der Waals surface area (Å²) < 4.78 is 6.61. The van der Waals surface area contributed by atoms with Crippen molar-refractivity contribution < 1.29 is 4.74 Å². The smallest absolute Gasteiger partial charge is 0.144 e. The van der Waals surface area contributed by atoms with Gasteiger partial charge in [0.15, 0.2) is 0 Å². The van der Waals surface area contributed by atoms with E-state index in [1.165, 1.54) is 0 Å². The normalized spacial score (nSPS) is 10.1. The maximum Gasteiger partial charge on any atom is 0.144 e. The standard InChI is InChI=1S/C10H8BrNOS/c11-9-6-14-7-10(9)13-5-8-1-3-12-4-2-8/h1-4,6-7H,5H2. The molecule has 0 atom stereocenters. The van der Waals surface area contributed by atoms with E-state index in [1.807, 2.05) is 22.9 Å². The van der Waals surface area contributed by atoms with Gasteiger partial charge in [-0.05, 0) is 33.6 Å². The SMILES string of the molecule is Brc1cscc1OCc1ccncc1. The Hall–Kier alpha value is -0.870. The second-order valence-corrected chi connectivity index (χ2v) is 4.33. The summed E-state index contributed by atoms with van der Waals surface area (Å²) >= 11 is 5.03. The molecule has 0 fully saturated rings. The molecule has 0 N–H and O–H groups in total. The fraction of sp³-hybridized carbons (Fsp3) is 0.100. The van der Waals surface area contributed by atoms with Gasteiger partial charge in [0.05, 0.1) is 4.47 Å². The largest absolute Gasteiger partial charge is 0.487 e. The molecule has 0 aromatic carbocycles. The predicted molar refractivity (Wildman–Crippen MR) is 60.6 cm³/mol. The lowest BCUT2D eigenvalue weighted by molar-refractivity contribution is 0.305. The van der Waals surface area contributed by atoms with E-state index < -0.39 is 0 Å². The molecular weight excluding hydrogens is 262 g/mol. The molecule has 2 aromatic heterocycles. The van der Waals surface area contributed by atoms with Crippen molar-refractivity contribution in [2.75, 3.05) is 0 Å². The highest BCUT2D eigenvalue weighted by Gasteiger charge is 2.01. The molecule has 0 aliphatic rings. The topological polar surface area (TPSA) is 22.1 Å². The highest BCUT2D eigenvalue weighted by Crippen LogP contribution is 2.29. The molecule has 14 heavy (non-hydrogen) atoms. The first kappa shape index (κ1) is 9.68. The third-order valence-electron chi connectivity index (χ3n) is 1.73. The molecule has 0 amide bonds. The molecule has 2 heterocycles. The van der Waals surface area contributed by atoms with Crippen molar-refractivity contribution in [1.82, 2.24) is 4.98 Å². The Bertz CT molecular complexity index is 402. The number of halogens is 1. The average molecular weight is 270 g/mol. The van der Waals surface area contributed by atoms with Crippen LogP contribution >= 0.6 is 27.3 Å².